The molecule has 0 spiro atoms. The fraction of sp³-hybridized carbons (Fsp3) is 0.300. The number of nitrogens with one attached hydrogen (secondary N) is 1. The zero-order valence-corrected chi connectivity index (χ0v) is 14.5. The Morgan fingerprint density at radius 1 is 1.24 bits per heavy atom. The molecule has 1 aromatic carbocycles. The van der Waals surface area contributed by atoms with E-state index in [1.807, 2.05) is 50.2 Å². The number of carbonyl (C=O) groups is 2. The minimum absolute atomic E-state index is 0.171. The molecule has 1 aliphatic rings. The summed E-state index contributed by atoms with van der Waals surface area (Å²) in [7, 11) is 0. The van der Waals surface area contributed by atoms with Crippen molar-refractivity contribution in [2.24, 2.45) is 0 Å². The summed E-state index contributed by atoms with van der Waals surface area (Å²) in [6, 6.07) is 11.2. The molecule has 3 rings (SSSR count). The molecule has 1 N–H and O–H groups in total. The van der Waals surface area contributed by atoms with E-state index in [2.05, 4.69) is 5.32 Å². The predicted octanol–water partition coefficient (Wildman–Crippen LogP) is 3.61. The van der Waals surface area contributed by atoms with E-state index in [1.54, 1.807) is 11.0 Å². The van der Waals surface area contributed by atoms with Gasteiger partial charge in [-0.15, -0.1) is 0 Å². The standard InChI is InChI=1S/C20H22N2O3/c1-14-5-11-18(25-14)15(2)21-19(23)12-8-16-6-9-17(10-7-16)22-13-3-4-20(22)24/h5-12,15H,3-4,13H2,1-2H3,(H,21,23)/b12-8+. The van der Waals surface area contributed by atoms with Crippen molar-refractivity contribution >= 4 is 23.6 Å². The maximum atomic E-state index is 12.0. The molecule has 25 heavy (non-hydrogen) atoms. The molecule has 130 valence electrons. The second-order valence-electron chi connectivity index (χ2n) is 6.25. The smallest absolute Gasteiger partial charge is 0.244 e. The van der Waals surface area contributed by atoms with Gasteiger partial charge < -0.3 is 14.6 Å². The lowest BCUT2D eigenvalue weighted by Crippen LogP contribution is -2.24. The summed E-state index contributed by atoms with van der Waals surface area (Å²) in [4.78, 5) is 25.6. The van der Waals surface area contributed by atoms with E-state index in [0.717, 1.165) is 35.7 Å². The average molecular weight is 338 g/mol. The van der Waals surface area contributed by atoms with E-state index in [9.17, 15) is 9.59 Å². The molecule has 1 fully saturated rings. The lowest BCUT2D eigenvalue weighted by Gasteiger charge is -2.15. The summed E-state index contributed by atoms with van der Waals surface area (Å²) >= 11 is 0. The van der Waals surface area contributed by atoms with Crippen LogP contribution in [0.5, 0.6) is 0 Å². The van der Waals surface area contributed by atoms with Crippen molar-refractivity contribution in [2.75, 3.05) is 11.4 Å². The summed E-state index contributed by atoms with van der Waals surface area (Å²) in [5.74, 6) is 1.55. The third-order valence-corrected chi connectivity index (χ3v) is 4.25. The SMILES string of the molecule is Cc1ccc(C(C)NC(=O)/C=C/c2ccc(N3CCCC3=O)cc2)o1. The largest absolute Gasteiger partial charge is 0.464 e. The number of furan rings is 1. The maximum Gasteiger partial charge on any atom is 0.244 e. The fourth-order valence-corrected chi connectivity index (χ4v) is 2.88. The predicted molar refractivity (Wildman–Crippen MR) is 97.1 cm³/mol. The van der Waals surface area contributed by atoms with Crippen molar-refractivity contribution in [3.05, 3.63) is 59.6 Å². The molecule has 2 heterocycles. The van der Waals surface area contributed by atoms with Crippen molar-refractivity contribution in [3.8, 4) is 0 Å². The van der Waals surface area contributed by atoms with Crippen LogP contribution < -0.4 is 10.2 Å². The van der Waals surface area contributed by atoms with Crippen LogP contribution in [-0.4, -0.2) is 18.4 Å². The van der Waals surface area contributed by atoms with Gasteiger partial charge in [-0.2, -0.15) is 0 Å². The second-order valence-corrected chi connectivity index (χ2v) is 6.25. The first-order valence-electron chi connectivity index (χ1n) is 8.48. The molecule has 1 aliphatic heterocycles. The molecule has 5 nitrogen and oxygen atoms in total. The summed E-state index contributed by atoms with van der Waals surface area (Å²) in [5, 5.41) is 2.87. The van der Waals surface area contributed by atoms with Gasteiger partial charge in [0.05, 0.1) is 6.04 Å². The molecule has 2 aromatic rings. The van der Waals surface area contributed by atoms with Crippen LogP contribution >= 0.6 is 0 Å². The lowest BCUT2D eigenvalue weighted by molar-refractivity contribution is -0.117. The molecular formula is C20H22N2O3. The van der Waals surface area contributed by atoms with Gasteiger partial charge in [0.1, 0.15) is 11.5 Å². The number of carbonyl (C=O) groups excluding carboxylic acids is 2. The Labute approximate surface area is 147 Å². The average Bonchev–Trinajstić information content (AvgIpc) is 3.22. The molecule has 1 atom stereocenters. The number of amides is 2. The molecule has 0 saturated carbocycles. The normalized spacial score (nSPS) is 15.8. The Bertz CT molecular complexity index is 790. The quantitative estimate of drug-likeness (QED) is 0.847. The summed E-state index contributed by atoms with van der Waals surface area (Å²) in [6.07, 6.45) is 4.79. The molecule has 1 unspecified atom stereocenters. The topological polar surface area (TPSA) is 62.6 Å². The Morgan fingerprint density at radius 2 is 2.00 bits per heavy atom. The van der Waals surface area contributed by atoms with E-state index < -0.39 is 0 Å². The van der Waals surface area contributed by atoms with E-state index in [1.165, 1.54) is 6.08 Å². The van der Waals surface area contributed by atoms with Crippen LogP contribution in [0.15, 0.2) is 46.9 Å². The number of rotatable bonds is 5. The minimum atomic E-state index is -0.186. The van der Waals surface area contributed by atoms with Gasteiger partial charge in [0.15, 0.2) is 0 Å². The summed E-state index contributed by atoms with van der Waals surface area (Å²) < 4.78 is 5.51. The van der Waals surface area contributed by atoms with Crippen LogP contribution in [0.2, 0.25) is 0 Å². The minimum Gasteiger partial charge on any atom is -0.464 e. The van der Waals surface area contributed by atoms with Crippen LogP contribution in [0.3, 0.4) is 0 Å². The van der Waals surface area contributed by atoms with Crippen molar-refractivity contribution in [1.82, 2.24) is 5.32 Å². The molecule has 0 bridgehead atoms. The molecule has 1 saturated heterocycles. The lowest BCUT2D eigenvalue weighted by atomic mass is 10.2. The van der Waals surface area contributed by atoms with Gasteiger partial charge >= 0.3 is 0 Å². The second kappa shape index (κ2) is 7.38. The Kier molecular flexibility index (Phi) is 5.03. The van der Waals surface area contributed by atoms with Gasteiger partial charge in [-0.3, -0.25) is 9.59 Å². The molecule has 2 amide bonds. The monoisotopic (exact) mass is 338 g/mol. The third-order valence-electron chi connectivity index (χ3n) is 4.25. The zero-order valence-electron chi connectivity index (χ0n) is 14.5. The number of benzene rings is 1. The first-order chi connectivity index (χ1) is 12.0. The third kappa shape index (κ3) is 4.18. The van der Waals surface area contributed by atoms with Crippen LogP contribution in [0.1, 0.15) is 42.9 Å². The molecule has 0 radical (unpaired) electrons. The number of aryl methyl sites for hydroxylation is 1. The highest BCUT2D eigenvalue weighted by Crippen LogP contribution is 2.22. The van der Waals surface area contributed by atoms with Gasteiger partial charge in [0.2, 0.25) is 11.8 Å². The zero-order chi connectivity index (χ0) is 17.8. The fourth-order valence-electron chi connectivity index (χ4n) is 2.88. The van der Waals surface area contributed by atoms with E-state index in [4.69, 9.17) is 4.42 Å². The highest BCUT2D eigenvalue weighted by atomic mass is 16.3. The van der Waals surface area contributed by atoms with Gasteiger partial charge in [0.25, 0.3) is 0 Å². The molecule has 5 heteroatoms. The van der Waals surface area contributed by atoms with Gasteiger partial charge in [-0.25, -0.2) is 0 Å². The Hall–Kier alpha value is -2.82. The van der Waals surface area contributed by atoms with Gasteiger partial charge in [-0.1, -0.05) is 12.1 Å². The van der Waals surface area contributed by atoms with Crippen molar-refractivity contribution in [2.45, 2.75) is 32.7 Å². The summed E-state index contributed by atoms with van der Waals surface area (Å²) in [6.45, 7) is 4.53. The number of nitrogens with zero attached hydrogens (tertiary/aromatic N) is 1. The van der Waals surface area contributed by atoms with E-state index >= 15 is 0 Å². The first-order valence-corrected chi connectivity index (χ1v) is 8.48. The Balaban J connectivity index is 1.57. The molecule has 0 aliphatic carbocycles. The van der Waals surface area contributed by atoms with Crippen LogP contribution in [-0.2, 0) is 9.59 Å². The number of hydrogen-bond donors (Lipinski definition) is 1. The van der Waals surface area contributed by atoms with Crippen molar-refractivity contribution < 1.29 is 14.0 Å². The summed E-state index contributed by atoms with van der Waals surface area (Å²) in [5.41, 5.74) is 1.82. The van der Waals surface area contributed by atoms with Crippen LogP contribution in [0.25, 0.3) is 6.08 Å². The van der Waals surface area contributed by atoms with E-state index in [0.29, 0.717) is 6.42 Å². The van der Waals surface area contributed by atoms with E-state index in [-0.39, 0.29) is 17.9 Å². The number of hydrogen-bond acceptors (Lipinski definition) is 3. The maximum absolute atomic E-state index is 12.0. The van der Waals surface area contributed by atoms with Crippen LogP contribution in [0, 0.1) is 6.92 Å². The highest BCUT2D eigenvalue weighted by molar-refractivity contribution is 5.95. The van der Waals surface area contributed by atoms with Gasteiger partial charge in [0, 0.05) is 24.7 Å². The van der Waals surface area contributed by atoms with Crippen LogP contribution in [0.4, 0.5) is 5.69 Å². The van der Waals surface area contributed by atoms with Gasteiger partial charge in [-0.05, 0) is 56.2 Å². The first kappa shape index (κ1) is 17.0. The van der Waals surface area contributed by atoms with Crippen molar-refractivity contribution in [3.63, 3.8) is 0 Å². The van der Waals surface area contributed by atoms with Crippen molar-refractivity contribution in [1.29, 1.82) is 0 Å². The number of anilines is 1. The molecular weight excluding hydrogens is 316 g/mol. The molecule has 1 aromatic heterocycles. The highest BCUT2D eigenvalue weighted by Gasteiger charge is 2.21. The Morgan fingerprint density at radius 3 is 2.60 bits per heavy atom.